The van der Waals surface area contributed by atoms with Gasteiger partial charge in [-0.15, -0.1) is 0 Å². The minimum atomic E-state index is 0.0534. The molecule has 3 N–H and O–H groups in total. The molecule has 1 aliphatic rings. The zero-order chi connectivity index (χ0) is 15.2. The summed E-state index contributed by atoms with van der Waals surface area (Å²) in [5.74, 6) is 0.906. The van der Waals surface area contributed by atoms with Crippen LogP contribution in [-0.2, 0) is 4.79 Å². The first-order valence-corrected chi connectivity index (χ1v) is 7.97. The van der Waals surface area contributed by atoms with Crippen molar-refractivity contribution in [2.24, 2.45) is 5.92 Å². The molecule has 0 aliphatic carbocycles. The van der Waals surface area contributed by atoms with Crippen molar-refractivity contribution in [3.8, 4) is 0 Å². The number of hydrogen-bond donors (Lipinski definition) is 2. The van der Waals surface area contributed by atoms with Crippen molar-refractivity contribution in [2.75, 3.05) is 30.7 Å². The maximum Gasteiger partial charge on any atom is 0.238 e. The molecule has 1 saturated heterocycles. The van der Waals surface area contributed by atoms with E-state index in [-0.39, 0.29) is 5.91 Å². The predicted molar refractivity (Wildman–Crippen MR) is 88.3 cm³/mol. The summed E-state index contributed by atoms with van der Waals surface area (Å²) in [7, 11) is 0. The molecule has 4 nitrogen and oxygen atoms in total. The van der Waals surface area contributed by atoms with E-state index in [0.29, 0.717) is 12.2 Å². The standard InChI is InChI=1S/C17H27N3O/c1-3-5-14-8-10-20(11-9-14)12-17(21)19-16-7-4-6-15(18)13(16)2/h4,6-7,14H,3,5,8-12,18H2,1-2H3,(H,19,21). The molecule has 0 saturated carbocycles. The van der Waals surface area contributed by atoms with E-state index in [4.69, 9.17) is 5.73 Å². The van der Waals surface area contributed by atoms with Crippen LogP contribution in [-0.4, -0.2) is 30.4 Å². The van der Waals surface area contributed by atoms with Gasteiger partial charge in [-0.3, -0.25) is 9.69 Å². The van der Waals surface area contributed by atoms with Gasteiger partial charge in [0.1, 0.15) is 0 Å². The van der Waals surface area contributed by atoms with Crippen LogP contribution in [0.25, 0.3) is 0 Å². The molecule has 1 aromatic rings. The number of hydrogen-bond acceptors (Lipinski definition) is 3. The van der Waals surface area contributed by atoms with E-state index in [2.05, 4.69) is 17.1 Å². The minimum Gasteiger partial charge on any atom is -0.398 e. The van der Waals surface area contributed by atoms with E-state index in [9.17, 15) is 4.79 Å². The van der Waals surface area contributed by atoms with Crippen molar-refractivity contribution >= 4 is 17.3 Å². The molecule has 4 heteroatoms. The largest absolute Gasteiger partial charge is 0.398 e. The highest BCUT2D eigenvalue weighted by molar-refractivity contribution is 5.93. The highest BCUT2D eigenvalue weighted by Gasteiger charge is 2.20. The first kappa shape index (κ1) is 15.8. The average molecular weight is 289 g/mol. The van der Waals surface area contributed by atoms with E-state index in [1.165, 1.54) is 25.7 Å². The Morgan fingerprint density at radius 3 is 2.76 bits per heavy atom. The van der Waals surface area contributed by atoms with Crippen LogP contribution >= 0.6 is 0 Å². The number of carbonyl (C=O) groups is 1. The number of carbonyl (C=O) groups excluding carboxylic acids is 1. The van der Waals surface area contributed by atoms with Crippen molar-refractivity contribution in [1.29, 1.82) is 0 Å². The van der Waals surface area contributed by atoms with E-state index in [1.54, 1.807) is 0 Å². The summed E-state index contributed by atoms with van der Waals surface area (Å²) < 4.78 is 0. The number of likely N-dealkylation sites (tertiary alicyclic amines) is 1. The molecule has 0 unspecified atom stereocenters. The van der Waals surface area contributed by atoms with E-state index < -0.39 is 0 Å². The van der Waals surface area contributed by atoms with Gasteiger partial charge in [0.15, 0.2) is 0 Å². The quantitative estimate of drug-likeness (QED) is 0.819. The summed E-state index contributed by atoms with van der Waals surface area (Å²) >= 11 is 0. The second-order valence-corrected chi connectivity index (χ2v) is 6.08. The van der Waals surface area contributed by atoms with Gasteiger partial charge in [-0.1, -0.05) is 25.8 Å². The molecule has 2 rings (SSSR count). The molecule has 1 aromatic carbocycles. The van der Waals surface area contributed by atoms with Gasteiger partial charge in [-0.25, -0.2) is 0 Å². The van der Waals surface area contributed by atoms with Crippen LogP contribution in [0, 0.1) is 12.8 Å². The Hall–Kier alpha value is -1.55. The predicted octanol–water partition coefficient (Wildman–Crippen LogP) is 3.03. The third-order valence-corrected chi connectivity index (χ3v) is 4.42. The Morgan fingerprint density at radius 2 is 2.10 bits per heavy atom. The number of benzene rings is 1. The lowest BCUT2D eigenvalue weighted by molar-refractivity contribution is -0.117. The summed E-state index contributed by atoms with van der Waals surface area (Å²) in [4.78, 5) is 14.4. The van der Waals surface area contributed by atoms with Gasteiger partial charge in [-0.05, 0) is 56.5 Å². The van der Waals surface area contributed by atoms with Crippen molar-refractivity contribution in [3.63, 3.8) is 0 Å². The molecule has 1 fully saturated rings. The number of nitrogen functional groups attached to an aromatic ring is 1. The fraction of sp³-hybridized carbons (Fsp3) is 0.588. The Kier molecular flexibility index (Phi) is 5.62. The smallest absolute Gasteiger partial charge is 0.238 e. The number of piperidine rings is 1. The summed E-state index contributed by atoms with van der Waals surface area (Å²) in [6, 6.07) is 5.62. The number of rotatable bonds is 5. The Morgan fingerprint density at radius 1 is 1.38 bits per heavy atom. The minimum absolute atomic E-state index is 0.0534. The number of nitrogens with zero attached hydrogens (tertiary/aromatic N) is 1. The summed E-state index contributed by atoms with van der Waals surface area (Å²) in [6.45, 7) is 6.73. The number of nitrogens with two attached hydrogens (primary N) is 1. The van der Waals surface area contributed by atoms with Crippen LogP contribution in [0.2, 0.25) is 0 Å². The molecular weight excluding hydrogens is 262 g/mol. The second kappa shape index (κ2) is 7.46. The molecule has 0 spiro atoms. The van der Waals surface area contributed by atoms with Gasteiger partial charge in [-0.2, -0.15) is 0 Å². The number of anilines is 2. The van der Waals surface area contributed by atoms with Gasteiger partial charge >= 0.3 is 0 Å². The first-order valence-electron chi connectivity index (χ1n) is 7.97. The van der Waals surface area contributed by atoms with Gasteiger partial charge in [0.25, 0.3) is 0 Å². The third-order valence-electron chi connectivity index (χ3n) is 4.42. The van der Waals surface area contributed by atoms with Crippen molar-refractivity contribution in [3.05, 3.63) is 23.8 Å². The van der Waals surface area contributed by atoms with E-state index in [1.807, 2.05) is 25.1 Å². The summed E-state index contributed by atoms with van der Waals surface area (Å²) in [5, 5.41) is 2.97. The van der Waals surface area contributed by atoms with Crippen LogP contribution in [0.3, 0.4) is 0 Å². The van der Waals surface area contributed by atoms with Crippen LogP contribution < -0.4 is 11.1 Å². The number of amides is 1. The monoisotopic (exact) mass is 289 g/mol. The lowest BCUT2D eigenvalue weighted by Crippen LogP contribution is -2.39. The highest BCUT2D eigenvalue weighted by atomic mass is 16.2. The second-order valence-electron chi connectivity index (χ2n) is 6.08. The molecule has 0 aromatic heterocycles. The van der Waals surface area contributed by atoms with Crippen LogP contribution in [0.5, 0.6) is 0 Å². The molecule has 0 bridgehead atoms. The average Bonchev–Trinajstić information content (AvgIpc) is 2.46. The molecule has 0 radical (unpaired) electrons. The maximum absolute atomic E-state index is 12.2. The lowest BCUT2D eigenvalue weighted by Gasteiger charge is -2.31. The lowest BCUT2D eigenvalue weighted by atomic mass is 9.92. The molecule has 116 valence electrons. The molecule has 1 amide bonds. The van der Waals surface area contributed by atoms with E-state index in [0.717, 1.165) is 30.3 Å². The Bertz CT molecular complexity index is 479. The van der Waals surface area contributed by atoms with Gasteiger partial charge in [0, 0.05) is 11.4 Å². The molecule has 0 atom stereocenters. The van der Waals surface area contributed by atoms with Crippen molar-refractivity contribution in [2.45, 2.75) is 39.5 Å². The van der Waals surface area contributed by atoms with Gasteiger partial charge in [0.05, 0.1) is 6.54 Å². The first-order chi connectivity index (χ1) is 10.1. The third kappa shape index (κ3) is 4.46. The van der Waals surface area contributed by atoms with Crippen LogP contribution in [0.15, 0.2) is 18.2 Å². The fourth-order valence-electron chi connectivity index (χ4n) is 3.02. The molecule has 1 aliphatic heterocycles. The van der Waals surface area contributed by atoms with Gasteiger partial charge < -0.3 is 11.1 Å². The van der Waals surface area contributed by atoms with Crippen molar-refractivity contribution in [1.82, 2.24) is 4.90 Å². The SMILES string of the molecule is CCCC1CCN(CC(=O)Nc2cccc(N)c2C)CC1. The van der Waals surface area contributed by atoms with Crippen LogP contribution in [0.4, 0.5) is 11.4 Å². The summed E-state index contributed by atoms with van der Waals surface area (Å²) in [6.07, 6.45) is 5.03. The van der Waals surface area contributed by atoms with E-state index >= 15 is 0 Å². The highest BCUT2D eigenvalue weighted by Crippen LogP contribution is 2.22. The normalized spacial score (nSPS) is 16.9. The van der Waals surface area contributed by atoms with Gasteiger partial charge in [0.2, 0.25) is 5.91 Å². The molecule has 1 heterocycles. The summed E-state index contributed by atoms with van der Waals surface area (Å²) in [5.41, 5.74) is 8.34. The topological polar surface area (TPSA) is 58.4 Å². The fourth-order valence-corrected chi connectivity index (χ4v) is 3.02. The molecular formula is C17H27N3O. The van der Waals surface area contributed by atoms with Crippen LogP contribution in [0.1, 0.15) is 38.2 Å². The zero-order valence-electron chi connectivity index (χ0n) is 13.2. The Labute approximate surface area is 127 Å². The number of nitrogens with one attached hydrogen (secondary N) is 1. The molecule has 21 heavy (non-hydrogen) atoms. The Balaban J connectivity index is 1.81. The zero-order valence-corrected chi connectivity index (χ0v) is 13.2. The maximum atomic E-state index is 12.2. The van der Waals surface area contributed by atoms with Crippen molar-refractivity contribution < 1.29 is 4.79 Å².